The fraction of sp³-hybridized carbons (Fsp3) is 0.154. The molecule has 4 rings (SSSR count). The molecule has 1 fully saturated rings. The molecule has 32 heavy (non-hydrogen) atoms. The van der Waals surface area contributed by atoms with E-state index in [1.165, 1.54) is 10.5 Å². The number of ether oxygens (including phenoxy) is 2. The molecule has 0 bridgehead atoms. The third-order valence-corrected chi connectivity index (χ3v) is 5.74. The van der Waals surface area contributed by atoms with Crippen LogP contribution in [0.4, 0.5) is 5.69 Å². The van der Waals surface area contributed by atoms with E-state index in [1.807, 2.05) is 66.7 Å². The van der Waals surface area contributed by atoms with E-state index in [0.717, 1.165) is 16.8 Å². The number of benzene rings is 3. The summed E-state index contributed by atoms with van der Waals surface area (Å²) >= 11 is 5.52. The first-order valence-electron chi connectivity index (χ1n) is 10.2. The van der Waals surface area contributed by atoms with Crippen molar-refractivity contribution in [3.05, 3.63) is 95.2 Å². The highest BCUT2D eigenvalue weighted by Gasteiger charge is 2.36. The SMILES string of the molecule is COc1cc(/C=C2/C(=O)N(c3ccccc3)C(=S)N2C)ccc1OCc1ccc(C)cc1. The molecule has 1 aliphatic rings. The maximum atomic E-state index is 13.1. The zero-order chi connectivity index (χ0) is 22.7. The van der Waals surface area contributed by atoms with Gasteiger partial charge in [0, 0.05) is 7.05 Å². The van der Waals surface area contributed by atoms with Gasteiger partial charge < -0.3 is 14.4 Å². The van der Waals surface area contributed by atoms with Crippen molar-refractivity contribution in [3.63, 3.8) is 0 Å². The molecule has 0 unspecified atom stereocenters. The first-order valence-corrected chi connectivity index (χ1v) is 10.6. The van der Waals surface area contributed by atoms with Crippen LogP contribution in [-0.4, -0.2) is 30.1 Å². The predicted molar refractivity (Wildman–Crippen MR) is 131 cm³/mol. The predicted octanol–water partition coefficient (Wildman–Crippen LogP) is 5.19. The maximum absolute atomic E-state index is 13.1. The molecule has 0 spiro atoms. The average molecular weight is 445 g/mol. The first kappa shape index (κ1) is 21.6. The number of carbonyl (C=O) groups excluding carboxylic acids is 1. The van der Waals surface area contributed by atoms with Gasteiger partial charge >= 0.3 is 0 Å². The van der Waals surface area contributed by atoms with Crippen molar-refractivity contribution >= 4 is 35.0 Å². The summed E-state index contributed by atoms with van der Waals surface area (Å²) in [6.45, 7) is 2.50. The van der Waals surface area contributed by atoms with Crippen LogP contribution in [0.5, 0.6) is 11.5 Å². The minimum atomic E-state index is -0.164. The van der Waals surface area contributed by atoms with Crippen molar-refractivity contribution in [2.75, 3.05) is 19.1 Å². The molecule has 0 atom stereocenters. The summed E-state index contributed by atoms with van der Waals surface area (Å²) in [6, 6.07) is 23.2. The number of rotatable bonds is 6. The molecule has 1 aliphatic heterocycles. The third-order valence-electron chi connectivity index (χ3n) is 5.28. The van der Waals surface area contributed by atoms with E-state index in [9.17, 15) is 4.79 Å². The number of likely N-dealkylation sites (N-methyl/N-ethyl adjacent to an activating group) is 1. The normalized spacial score (nSPS) is 14.9. The van der Waals surface area contributed by atoms with Gasteiger partial charge in [-0.1, -0.05) is 54.1 Å². The van der Waals surface area contributed by atoms with Crippen LogP contribution in [0.25, 0.3) is 6.08 Å². The van der Waals surface area contributed by atoms with Crippen molar-refractivity contribution < 1.29 is 14.3 Å². The lowest BCUT2D eigenvalue weighted by Crippen LogP contribution is -2.30. The van der Waals surface area contributed by atoms with Crippen LogP contribution in [0.2, 0.25) is 0 Å². The van der Waals surface area contributed by atoms with Gasteiger partial charge in [-0.25, -0.2) is 0 Å². The number of amides is 1. The van der Waals surface area contributed by atoms with Crippen LogP contribution in [0.15, 0.2) is 78.5 Å². The van der Waals surface area contributed by atoms with Crippen molar-refractivity contribution in [3.8, 4) is 11.5 Å². The Morgan fingerprint density at radius 3 is 2.38 bits per heavy atom. The number of anilines is 1. The number of methoxy groups -OCH3 is 1. The molecule has 0 saturated carbocycles. The Hall–Kier alpha value is -3.64. The lowest BCUT2D eigenvalue weighted by Gasteiger charge is -2.16. The second-order valence-corrected chi connectivity index (χ2v) is 7.90. The van der Waals surface area contributed by atoms with Gasteiger partial charge in [0.15, 0.2) is 16.6 Å². The summed E-state index contributed by atoms with van der Waals surface area (Å²) in [6.07, 6.45) is 1.81. The van der Waals surface area contributed by atoms with Crippen LogP contribution in [-0.2, 0) is 11.4 Å². The van der Waals surface area contributed by atoms with E-state index in [2.05, 4.69) is 19.1 Å². The number of thiocarbonyl (C=S) groups is 1. The molecule has 162 valence electrons. The minimum absolute atomic E-state index is 0.164. The molecule has 6 heteroatoms. The van der Waals surface area contributed by atoms with Gasteiger partial charge in [0.25, 0.3) is 5.91 Å². The van der Waals surface area contributed by atoms with E-state index in [4.69, 9.17) is 21.7 Å². The minimum Gasteiger partial charge on any atom is -0.493 e. The number of para-hydroxylation sites is 1. The van der Waals surface area contributed by atoms with Crippen LogP contribution in [0.3, 0.4) is 0 Å². The summed E-state index contributed by atoms with van der Waals surface area (Å²) in [7, 11) is 3.40. The Balaban J connectivity index is 1.56. The van der Waals surface area contributed by atoms with Crippen molar-refractivity contribution in [1.82, 2.24) is 4.90 Å². The van der Waals surface area contributed by atoms with Gasteiger partial charge in [-0.2, -0.15) is 0 Å². The molecule has 0 aromatic heterocycles. The molecule has 1 saturated heterocycles. The van der Waals surface area contributed by atoms with E-state index >= 15 is 0 Å². The summed E-state index contributed by atoms with van der Waals surface area (Å²) in [5.74, 6) is 1.08. The Labute approximate surface area is 193 Å². The molecule has 3 aromatic carbocycles. The second kappa shape index (κ2) is 9.24. The topological polar surface area (TPSA) is 42.0 Å². The fourth-order valence-corrected chi connectivity index (χ4v) is 3.74. The molecule has 1 amide bonds. The van der Waals surface area contributed by atoms with Crippen molar-refractivity contribution in [2.45, 2.75) is 13.5 Å². The van der Waals surface area contributed by atoms with Crippen LogP contribution >= 0.6 is 12.2 Å². The largest absolute Gasteiger partial charge is 0.493 e. The molecule has 0 aliphatic carbocycles. The molecular formula is C26H24N2O3S. The number of hydrogen-bond acceptors (Lipinski definition) is 4. The molecular weight excluding hydrogens is 420 g/mol. The van der Waals surface area contributed by atoms with Gasteiger partial charge in [-0.15, -0.1) is 0 Å². The van der Waals surface area contributed by atoms with E-state index < -0.39 is 0 Å². The standard InChI is InChI=1S/C26H24N2O3S/c1-18-9-11-19(12-10-18)17-31-23-14-13-20(16-24(23)30-3)15-22-25(29)28(26(32)27(22)2)21-7-5-4-6-8-21/h4-16H,17H2,1-3H3/b22-15-. The Bertz CT molecular complexity index is 1170. The molecule has 3 aromatic rings. The highest BCUT2D eigenvalue weighted by atomic mass is 32.1. The molecule has 1 heterocycles. The quantitative estimate of drug-likeness (QED) is 0.387. The van der Waals surface area contributed by atoms with Gasteiger partial charge in [0.1, 0.15) is 12.3 Å². The lowest BCUT2D eigenvalue weighted by atomic mass is 10.1. The molecule has 0 radical (unpaired) electrons. The summed E-state index contributed by atoms with van der Waals surface area (Å²) in [4.78, 5) is 16.4. The van der Waals surface area contributed by atoms with Crippen molar-refractivity contribution in [2.24, 2.45) is 0 Å². The van der Waals surface area contributed by atoms with Crippen LogP contribution in [0, 0.1) is 6.92 Å². The van der Waals surface area contributed by atoms with Gasteiger partial charge in [0.05, 0.1) is 12.8 Å². The lowest BCUT2D eigenvalue weighted by molar-refractivity contribution is -0.114. The van der Waals surface area contributed by atoms with Gasteiger partial charge in [-0.3, -0.25) is 9.69 Å². The maximum Gasteiger partial charge on any atom is 0.281 e. The number of nitrogens with zero attached hydrogens (tertiary/aromatic N) is 2. The van der Waals surface area contributed by atoms with E-state index in [0.29, 0.717) is 28.9 Å². The summed E-state index contributed by atoms with van der Waals surface area (Å²) < 4.78 is 11.5. The zero-order valence-corrected chi connectivity index (χ0v) is 19.1. The van der Waals surface area contributed by atoms with Crippen LogP contribution in [0.1, 0.15) is 16.7 Å². The average Bonchev–Trinajstić information content (AvgIpc) is 3.02. The molecule has 0 N–H and O–H groups in total. The smallest absolute Gasteiger partial charge is 0.281 e. The number of aryl methyl sites for hydroxylation is 1. The summed E-state index contributed by atoms with van der Waals surface area (Å²) in [5.41, 5.74) is 4.35. The third kappa shape index (κ3) is 4.36. The van der Waals surface area contributed by atoms with Crippen molar-refractivity contribution in [1.29, 1.82) is 0 Å². The zero-order valence-electron chi connectivity index (χ0n) is 18.2. The highest BCUT2D eigenvalue weighted by molar-refractivity contribution is 7.80. The first-order chi connectivity index (χ1) is 15.5. The van der Waals surface area contributed by atoms with E-state index in [1.54, 1.807) is 19.1 Å². The highest BCUT2D eigenvalue weighted by Crippen LogP contribution is 2.32. The Morgan fingerprint density at radius 1 is 0.969 bits per heavy atom. The fourth-order valence-electron chi connectivity index (χ4n) is 3.46. The number of hydrogen-bond donors (Lipinski definition) is 0. The van der Waals surface area contributed by atoms with Gasteiger partial charge in [0.2, 0.25) is 0 Å². The monoisotopic (exact) mass is 444 g/mol. The summed E-state index contributed by atoms with van der Waals surface area (Å²) in [5, 5.41) is 0.442. The molecule has 5 nitrogen and oxygen atoms in total. The van der Waals surface area contributed by atoms with E-state index in [-0.39, 0.29) is 5.91 Å². The van der Waals surface area contributed by atoms with Crippen LogP contribution < -0.4 is 14.4 Å². The van der Waals surface area contributed by atoms with Gasteiger partial charge in [-0.05, 0) is 60.6 Å². The second-order valence-electron chi connectivity index (χ2n) is 7.53. The number of carbonyl (C=O) groups is 1. The Kier molecular flexibility index (Phi) is 6.23. The Morgan fingerprint density at radius 2 is 1.69 bits per heavy atom.